The first-order valence-electron chi connectivity index (χ1n) is 1.46. The molecule has 43 valence electrons. The number of hydrogen-bond acceptors (Lipinski definition) is 4. The first kappa shape index (κ1) is 11.6. The van der Waals surface area contributed by atoms with E-state index in [0.717, 1.165) is 0 Å². The summed E-state index contributed by atoms with van der Waals surface area (Å²) in [5.41, 5.74) is 0. The normalized spacial score (nSPS) is 10.2. The minimum atomic E-state index is -4.49. The summed E-state index contributed by atoms with van der Waals surface area (Å²) in [5, 5.41) is 0. The Morgan fingerprint density at radius 3 is 2.00 bits per heavy atom. The minimum absolute atomic E-state index is 0. The summed E-state index contributed by atoms with van der Waals surface area (Å²) in [5.74, 6) is 0. The molecule has 0 fully saturated rings. The Bertz CT molecular complexity index is 127. The molecule has 0 heterocycles. The van der Waals surface area contributed by atoms with E-state index in [1.165, 1.54) is 0 Å². The summed E-state index contributed by atoms with van der Waals surface area (Å²) >= 11 is 0. The van der Waals surface area contributed by atoms with Gasteiger partial charge in [-0.05, 0) is 6.92 Å². The third-order valence-corrected chi connectivity index (χ3v) is 0.683. The van der Waals surface area contributed by atoms with E-state index in [4.69, 9.17) is 0 Å². The SMILES string of the molecule is [CH2]COS(=O)(=O)[O-].[Na+]. The van der Waals surface area contributed by atoms with E-state index in [1.54, 1.807) is 0 Å². The predicted molar refractivity (Wildman–Crippen MR) is 21.0 cm³/mol. The summed E-state index contributed by atoms with van der Waals surface area (Å²) < 4.78 is 31.8. The van der Waals surface area contributed by atoms with E-state index >= 15 is 0 Å². The first-order chi connectivity index (χ1) is 3.06. The predicted octanol–water partition coefficient (Wildman–Crippen LogP) is -3.70. The van der Waals surface area contributed by atoms with Gasteiger partial charge in [-0.2, -0.15) is 0 Å². The van der Waals surface area contributed by atoms with Gasteiger partial charge < -0.3 is 4.55 Å². The molecule has 0 aromatic heterocycles. The van der Waals surface area contributed by atoms with E-state index in [9.17, 15) is 13.0 Å². The van der Waals surface area contributed by atoms with Crippen LogP contribution in [0.5, 0.6) is 0 Å². The summed E-state index contributed by atoms with van der Waals surface area (Å²) in [6.45, 7) is 2.63. The first-order valence-corrected chi connectivity index (χ1v) is 2.79. The van der Waals surface area contributed by atoms with Crippen molar-refractivity contribution in [1.29, 1.82) is 0 Å². The maximum Gasteiger partial charge on any atom is 1.00 e. The molecule has 0 rings (SSSR count). The fraction of sp³-hybridized carbons (Fsp3) is 0.500. The van der Waals surface area contributed by atoms with Crippen molar-refractivity contribution < 1.29 is 46.7 Å². The molecule has 1 radical (unpaired) electrons. The molecule has 0 unspecified atom stereocenters. The van der Waals surface area contributed by atoms with Crippen molar-refractivity contribution in [3.8, 4) is 0 Å². The van der Waals surface area contributed by atoms with Crippen molar-refractivity contribution in [3.63, 3.8) is 0 Å². The van der Waals surface area contributed by atoms with Gasteiger partial charge in [0.1, 0.15) is 0 Å². The van der Waals surface area contributed by atoms with Crippen LogP contribution in [0.1, 0.15) is 0 Å². The van der Waals surface area contributed by atoms with Crippen LogP contribution in [0.15, 0.2) is 0 Å². The molecule has 0 atom stereocenters. The van der Waals surface area contributed by atoms with Crippen LogP contribution in [-0.2, 0) is 14.6 Å². The summed E-state index contributed by atoms with van der Waals surface area (Å²) in [6.07, 6.45) is 0. The number of hydrogen-bond donors (Lipinski definition) is 0. The average Bonchev–Trinajstić information content (AvgIpc) is 1.30. The van der Waals surface area contributed by atoms with Gasteiger partial charge in [0.25, 0.3) is 0 Å². The molecule has 4 nitrogen and oxygen atoms in total. The van der Waals surface area contributed by atoms with Crippen molar-refractivity contribution in [2.24, 2.45) is 0 Å². The molecular weight excluding hydrogens is 143 g/mol. The largest absolute Gasteiger partial charge is 1.00 e. The van der Waals surface area contributed by atoms with Crippen LogP contribution in [0, 0.1) is 6.92 Å². The Labute approximate surface area is 70.5 Å². The molecule has 0 aromatic rings. The second kappa shape index (κ2) is 4.72. The zero-order valence-corrected chi connectivity index (χ0v) is 7.27. The third kappa shape index (κ3) is 9.98. The molecule has 0 aliphatic rings. The monoisotopic (exact) mass is 147 g/mol. The Kier molecular flexibility index (Phi) is 6.87. The van der Waals surface area contributed by atoms with Crippen molar-refractivity contribution in [2.45, 2.75) is 0 Å². The van der Waals surface area contributed by atoms with Gasteiger partial charge in [-0.25, -0.2) is 8.42 Å². The van der Waals surface area contributed by atoms with Crippen molar-refractivity contribution >= 4 is 10.4 Å². The molecule has 0 saturated heterocycles. The van der Waals surface area contributed by atoms with Crippen LogP contribution >= 0.6 is 0 Å². The third-order valence-electron chi connectivity index (χ3n) is 0.228. The summed E-state index contributed by atoms with van der Waals surface area (Å²) in [6, 6.07) is 0. The van der Waals surface area contributed by atoms with Crippen LogP contribution in [0.25, 0.3) is 0 Å². The van der Waals surface area contributed by atoms with Crippen LogP contribution in [0.2, 0.25) is 0 Å². The maximum atomic E-state index is 9.41. The zero-order chi connectivity index (χ0) is 5.91. The van der Waals surface area contributed by atoms with Gasteiger partial charge in [0.05, 0.1) is 6.61 Å². The van der Waals surface area contributed by atoms with Gasteiger partial charge in [0.2, 0.25) is 10.4 Å². The molecule has 0 N–H and O–H groups in total. The average molecular weight is 147 g/mol. The molecular formula is C2H4NaO4S. The van der Waals surface area contributed by atoms with E-state index in [0.29, 0.717) is 0 Å². The Hall–Kier alpha value is 0.870. The van der Waals surface area contributed by atoms with E-state index in [2.05, 4.69) is 11.1 Å². The second-order valence-corrected chi connectivity index (χ2v) is 1.78. The fourth-order valence-electron chi connectivity index (χ4n) is 0.102. The standard InChI is InChI=1S/C2H5O4S.Na/c1-2-6-7(3,4)5;/h1-2H2,(H,3,4,5);/q;+1/p-1. The van der Waals surface area contributed by atoms with Gasteiger partial charge >= 0.3 is 29.6 Å². The van der Waals surface area contributed by atoms with Crippen LogP contribution in [-0.4, -0.2) is 19.6 Å². The van der Waals surface area contributed by atoms with E-state index in [-0.39, 0.29) is 36.2 Å². The molecule has 0 bridgehead atoms. The van der Waals surface area contributed by atoms with E-state index in [1.807, 2.05) is 0 Å². The zero-order valence-electron chi connectivity index (χ0n) is 4.46. The topological polar surface area (TPSA) is 66.4 Å². The Morgan fingerprint density at radius 2 is 2.00 bits per heavy atom. The molecule has 8 heavy (non-hydrogen) atoms. The minimum Gasteiger partial charge on any atom is -0.726 e. The second-order valence-electron chi connectivity index (χ2n) is 0.730. The molecule has 0 spiro atoms. The maximum absolute atomic E-state index is 9.41. The molecule has 0 saturated carbocycles. The van der Waals surface area contributed by atoms with Crippen LogP contribution < -0.4 is 29.6 Å². The Morgan fingerprint density at radius 1 is 1.62 bits per heavy atom. The molecule has 0 aromatic carbocycles. The summed E-state index contributed by atoms with van der Waals surface area (Å²) in [7, 11) is -4.49. The molecule has 0 aliphatic carbocycles. The van der Waals surface area contributed by atoms with Crippen molar-refractivity contribution in [2.75, 3.05) is 6.61 Å². The van der Waals surface area contributed by atoms with Gasteiger partial charge in [-0.1, -0.05) is 0 Å². The van der Waals surface area contributed by atoms with E-state index < -0.39 is 10.4 Å². The molecule has 0 amide bonds. The summed E-state index contributed by atoms with van der Waals surface area (Å²) in [4.78, 5) is 0. The van der Waals surface area contributed by atoms with Gasteiger partial charge in [0.15, 0.2) is 0 Å². The van der Waals surface area contributed by atoms with Gasteiger partial charge in [-0.3, -0.25) is 4.18 Å². The Balaban J connectivity index is 0. The quantitative estimate of drug-likeness (QED) is 0.229. The van der Waals surface area contributed by atoms with Crippen molar-refractivity contribution in [1.82, 2.24) is 0 Å². The van der Waals surface area contributed by atoms with Crippen molar-refractivity contribution in [3.05, 3.63) is 6.92 Å². The van der Waals surface area contributed by atoms with Crippen LogP contribution in [0.4, 0.5) is 0 Å². The van der Waals surface area contributed by atoms with Gasteiger partial charge in [-0.15, -0.1) is 0 Å². The molecule has 0 aliphatic heterocycles. The van der Waals surface area contributed by atoms with Crippen LogP contribution in [0.3, 0.4) is 0 Å². The molecule has 6 heteroatoms. The fourth-order valence-corrected chi connectivity index (χ4v) is 0.306. The number of rotatable bonds is 2. The smallest absolute Gasteiger partial charge is 0.726 e. The van der Waals surface area contributed by atoms with Gasteiger partial charge in [0, 0.05) is 0 Å².